The van der Waals surface area contributed by atoms with Crippen molar-refractivity contribution in [3.05, 3.63) is 62.3 Å². The van der Waals surface area contributed by atoms with Gasteiger partial charge in [-0.2, -0.15) is 0 Å². The average molecular weight is 344 g/mol. The molecule has 7 heteroatoms. The highest BCUT2D eigenvalue weighted by atomic mass is 32.1. The summed E-state index contributed by atoms with van der Waals surface area (Å²) in [5.74, 6) is 0.916. The third-order valence-corrected chi connectivity index (χ3v) is 4.84. The summed E-state index contributed by atoms with van der Waals surface area (Å²) in [6, 6.07) is 10.7. The Kier molecular flexibility index (Phi) is 5.43. The van der Waals surface area contributed by atoms with Crippen molar-refractivity contribution < 1.29 is 4.92 Å². The highest BCUT2D eigenvalue weighted by molar-refractivity contribution is 7.09. The first-order chi connectivity index (χ1) is 11.7. The minimum Gasteiger partial charge on any atom is -0.351 e. The lowest BCUT2D eigenvalue weighted by atomic mass is 10.2. The molecule has 6 nitrogen and oxygen atoms in total. The maximum atomic E-state index is 10.7. The number of aliphatic imine (C=N–C) groups is 1. The Labute approximate surface area is 145 Å². The van der Waals surface area contributed by atoms with Crippen LogP contribution in [0.1, 0.15) is 23.3 Å². The number of hydrogen-bond acceptors (Lipinski definition) is 4. The van der Waals surface area contributed by atoms with Crippen LogP contribution in [-0.4, -0.2) is 28.9 Å². The summed E-state index contributed by atoms with van der Waals surface area (Å²) in [5, 5.41) is 16.2. The van der Waals surface area contributed by atoms with Gasteiger partial charge in [0.25, 0.3) is 5.69 Å². The Balaban J connectivity index is 1.66. The molecule has 0 saturated carbocycles. The maximum absolute atomic E-state index is 10.7. The van der Waals surface area contributed by atoms with Gasteiger partial charge >= 0.3 is 0 Å². The number of nitro benzene ring substituents is 1. The van der Waals surface area contributed by atoms with Crippen molar-refractivity contribution in [1.29, 1.82) is 0 Å². The molecule has 0 spiro atoms. The van der Waals surface area contributed by atoms with Gasteiger partial charge in [0, 0.05) is 30.1 Å². The van der Waals surface area contributed by atoms with E-state index in [1.807, 2.05) is 6.07 Å². The fourth-order valence-electron chi connectivity index (χ4n) is 2.67. The summed E-state index contributed by atoms with van der Waals surface area (Å²) in [6.45, 7) is 3.33. The van der Waals surface area contributed by atoms with Crippen LogP contribution in [0.25, 0.3) is 0 Å². The molecule has 1 N–H and O–H groups in total. The summed E-state index contributed by atoms with van der Waals surface area (Å²) in [7, 11) is 0. The van der Waals surface area contributed by atoms with E-state index in [0.717, 1.165) is 31.2 Å². The van der Waals surface area contributed by atoms with Crippen LogP contribution in [-0.2, 0) is 13.1 Å². The molecule has 126 valence electrons. The van der Waals surface area contributed by atoms with Crippen LogP contribution in [0.4, 0.5) is 5.69 Å². The summed E-state index contributed by atoms with van der Waals surface area (Å²) in [6.07, 6.45) is 2.38. The van der Waals surface area contributed by atoms with Gasteiger partial charge in [-0.25, -0.2) is 4.99 Å². The van der Waals surface area contributed by atoms with Gasteiger partial charge in [-0.05, 0) is 29.9 Å². The monoisotopic (exact) mass is 344 g/mol. The molecule has 0 radical (unpaired) electrons. The fraction of sp³-hybridized carbons (Fsp3) is 0.353. The molecule has 0 bridgehead atoms. The molecule has 1 aliphatic heterocycles. The number of non-ortho nitro benzene ring substituents is 1. The Bertz CT molecular complexity index is 692. The minimum atomic E-state index is -0.384. The SMILES string of the molecule is O=[N+]([O-])c1ccc(CN=C(NCc2cccs2)N2CCCC2)cc1. The standard InChI is InChI=1S/C17H20N4O2S/c22-21(23)15-7-5-14(6-8-15)12-18-17(20-9-1-2-10-20)19-13-16-4-3-11-24-16/h3-8,11H,1-2,9-10,12-13H2,(H,18,19). The van der Waals surface area contributed by atoms with Crippen LogP contribution >= 0.6 is 11.3 Å². The van der Waals surface area contributed by atoms with Crippen LogP contribution < -0.4 is 5.32 Å². The molecular formula is C17H20N4O2S. The number of guanidine groups is 1. The summed E-state index contributed by atoms with van der Waals surface area (Å²) < 4.78 is 0. The zero-order chi connectivity index (χ0) is 16.8. The Morgan fingerprint density at radius 3 is 2.62 bits per heavy atom. The first kappa shape index (κ1) is 16.4. The molecule has 0 unspecified atom stereocenters. The van der Waals surface area contributed by atoms with E-state index >= 15 is 0 Å². The first-order valence-electron chi connectivity index (χ1n) is 8.01. The van der Waals surface area contributed by atoms with E-state index in [2.05, 4.69) is 21.7 Å². The second kappa shape index (κ2) is 7.92. The van der Waals surface area contributed by atoms with Crippen molar-refractivity contribution in [2.45, 2.75) is 25.9 Å². The topological polar surface area (TPSA) is 70.8 Å². The van der Waals surface area contributed by atoms with Crippen molar-refractivity contribution >= 4 is 23.0 Å². The lowest BCUT2D eigenvalue weighted by Gasteiger charge is -2.21. The van der Waals surface area contributed by atoms with E-state index < -0.39 is 0 Å². The highest BCUT2D eigenvalue weighted by Gasteiger charge is 2.16. The Morgan fingerprint density at radius 1 is 1.25 bits per heavy atom. The third-order valence-electron chi connectivity index (χ3n) is 3.96. The van der Waals surface area contributed by atoms with Crippen molar-refractivity contribution in [2.24, 2.45) is 4.99 Å². The zero-order valence-corrected chi connectivity index (χ0v) is 14.2. The smallest absolute Gasteiger partial charge is 0.269 e. The van der Waals surface area contributed by atoms with Crippen LogP contribution in [0.2, 0.25) is 0 Å². The van der Waals surface area contributed by atoms with E-state index in [1.165, 1.54) is 29.9 Å². The van der Waals surface area contributed by atoms with Gasteiger partial charge in [0.1, 0.15) is 0 Å². The highest BCUT2D eigenvalue weighted by Crippen LogP contribution is 2.14. The second-order valence-corrected chi connectivity index (χ2v) is 6.72. The molecule has 1 aliphatic rings. The Hall–Kier alpha value is -2.41. The molecule has 1 aromatic carbocycles. The molecule has 2 heterocycles. The first-order valence-corrected chi connectivity index (χ1v) is 8.89. The van der Waals surface area contributed by atoms with Crippen molar-refractivity contribution in [2.75, 3.05) is 13.1 Å². The fourth-order valence-corrected chi connectivity index (χ4v) is 3.31. The van der Waals surface area contributed by atoms with E-state index in [1.54, 1.807) is 23.5 Å². The van der Waals surface area contributed by atoms with Gasteiger partial charge in [0.15, 0.2) is 5.96 Å². The number of nitro groups is 1. The van der Waals surface area contributed by atoms with Crippen LogP contribution in [0.5, 0.6) is 0 Å². The van der Waals surface area contributed by atoms with Gasteiger partial charge < -0.3 is 10.2 Å². The zero-order valence-electron chi connectivity index (χ0n) is 13.4. The molecule has 0 atom stereocenters. The molecule has 24 heavy (non-hydrogen) atoms. The van der Waals surface area contributed by atoms with Crippen molar-refractivity contribution in [3.63, 3.8) is 0 Å². The maximum Gasteiger partial charge on any atom is 0.269 e. The van der Waals surface area contributed by atoms with Gasteiger partial charge in [-0.3, -0.25) is 10.1 Å². The third kappa shape index (κ3) is 4.32. The lowest BCUT2D eigenvalue weighted by molar-refractivity contribution is -0.384. The average Bonchev–Trinajstić information content (AvgIpc) is 3.29. The van der Waals surface area contributed by atoms with Crippen LogP contribution in [0.3, 0.4) is 0 Å². The van der Waals surface area contributed by atoms with Crippen molar-refractivity contribution in [1.82, 2.24) is 10.2 Å². The molecular weight excluding hydrogens is 324 g/mol. The number of nitrogens with zero attached hydrogens (tertiary/aromatic N) is 3. The van der Waals surface area contributed by atoms with Gasteiger partial charge in [-0.1, -0.05) is 18.2 Å². The summed E-state index contributed by atoms with van der Waals surface area (Å²) in [5.41, 5.74) is 1.08. The molecule has 0 amide bonds. The number of benzene rings is 1. The molecule has 1 saturated heterocycles. The van der Waals surface area contributed by atoms with E-state index in [-0.39, 0.29) is 10.6 Å². The van der Waals surface area contributed by atoms with E-state index in [0.29, 0.717) is 6.54 Å². The Morgan fingerprint density at radius 2 is 2.00 bits per heavy atom. The summed E-state index contributed by atoms with van der Waals surface area (Å²) >= 11 is 1.73. The van der Waals surface area contributed by atoms with Gasteiger partial charge in [0.05, 0.1) is 18.0 Å². The normalized spacial score (nSPS) is 14.8. The number of hydrogen-bond donors (Lipinski definition) is 1. The minimum absolute atomic E-state index is 0.110. The molecule has 3 rings (SSSR count). The second-order valence-electron chi connectivity index (χ2n) is 5.69. The molecule has 1 fully saturated rings. The number of nitrogens with one attached hydrogen (secondary N) is 1. The van der Waals surface area contributed by atoms with Crippen molar-refractivity contribution in [3.8, 4) is 0 Å². The van der Waals surface area contributed by atoms with Gasteiger partial charge in [-0.15, -0.1) is 11.3 Å². The largest absolute Gasteiger partial charge is 0.351 e. The van der Waals surface area contributed by atoms with Crippen LogP contribution in [0, 0.1) is 10.1 Å². The molecule has 0 aliphatic carbocycles. The van der Waals surface area contributed by atoms with E-state index in [4.69, 9.17) is 4.99 Å². The summed E-state index contributed by atoms with van der Waals surface area (Å²) in [4.78, 5) is 18.6. The number of thiophene rings is 1. The lowest BCUT2D eigenvalue weighted by Crippen LogP contribution is -2.39. The van der Waals surface area contributed by atoms with E-state index in [9.17, 15) is 10.1 Å². The van der Waals surface area contributed by atoms with Gasteiger partial charge in [0.2, 0.25) is 0 Å². The predicted octanol–water partition coefficient (Wildman–Crippen LogP) is 3.40. The van der Waals surface area contributed by atoms with Crippen LogP contribution in [0.15, 0.2) is 46.8 Å². The quantitative estimate of drug-likeness (QED) is 0.391. The predicted molar refractivity (Wildman–Crippen MR) is 96.2 cm³/mol. The number of rotatable bonds is 5. The molecule has 1 aromatic heterocycles. The molecule has 2 aromatic rings. The number of likely N-dealkylation sites (tertiary alicyclic amines) is 1.